The Morgan fingerprint density at radius 1 is 1.55 bits per heavy atom. The van der Waals surface area contributed by atoms with Crippen molar-refractivity contribution < 1.29 is 18.3 Å². The van der Waals surface area contributed by atoms with E-state index in [1.807, 2.05) is 0 Å². The Morgan fingerprint density at radius 2 is 2.20 bits per heavy atom. The third-order valence-electron chi connectivity index (χ3n) is 3.64. The molecule has 8 heteroatoms. The fraction of sp³-hybridized carbons (Fsp3) is 0.583. The number of sulfonamides is 1. The summed E-state index contributed by atoms with van der Waals surface area (Å²) in [5, 5.41) is 14.2. The van der Waals surface area contributed by atoms with Crippen LogP contribution in [0.2, 0.25) is 0 Å². The molecule has 20 heavy (non-hydrogen) atoms. The van der Waals surface area contributed by atoms with Crippen LogP contribution < -0.4 is 5.14 Å². The molecular weight excluding hydrogens is 282 g/mol. The molecule has 1 saturated carbocycles. The monoisotopic (exact) mass is 301 g/mol. The van der Waals surface area contributed by atoms with Gasteiger partial charge in [0.2, 0.25) is 10.0 Å². The molecule has 7 nitrogen and oxygen atoms in total. The minimum absolute atomic E-state index is 0.0825. The van der Waals surface area contributed by atoms with E-state index < -0.39 is 10.0 Å². The predicted molar refractivity (Wildman–Crippen MR) is 72.5 cm³/mol. The highest BCUT2D eigenvalue weighted by molar-refractivity contribution is 7.89. The molecule has 0 radical (unpaired) electrons. The predicted octanol–water partition coefficient (Wildman–Crippen LogP) is -0.340. The molecule has 0 atom stereocenters. The fourth-order valence-electron chi connectivity index (χ4n) is 2.31. The third kappa shape index (κ3) is 2.87. The van der Waals surface area contributed by atoms with E-state index in [-0.39, 0.29) is 35.7 Å². The second-order valence-corrected chi connectivity index (χ2v) is 6.59. The summed E-state index contributed by atoms with van der Waals surface area (Å²) < 4.78 is 24.1. The van der Waals surface area contributed by atoms with Gasteiger partial charge in [-0.2, -0.15) is 0 Å². The van der Waals surface area contributed by atoms with Gasteiger partial charge in [0.15, 0.2) is 0 Å². The van der Waals surface area contributed by atoms with E-state index in [9.17, 15) is 13.2 Å². The van der Waals surface area contributed by atoms with Gasteiger partial charge in [0, 0.05) is 25.8 Å². The first kappa shape index (κ1) is 15.0. The summed E-state index contributed by atoms with van der Waals surface area (Å²) in [7, 11) is -2.23. The Morgan fingerprint density at radius 3 is 2.60 bits per heavy atom. The van der Waals surface area contributed by atoms with Crippen LogP contribution in [-0.2, 0) is 17.1 Å². The summed E-state index contributed by atoms with van der Waals surface area (Å²) in [4.78, 5) is 14.0. The minimum atomic E-state index is -3.83. The van der Waals surface area contributed by atoms with E-state index in [4.69, 9.17) is 10.2 Å². The van der Waals surface area contributed by atoms with E-state index >= 15 is 0 Å². The molecule has 0 unspecified atom stereocenters. The van der Waals surface area contributed by atoms with E-state index in [0.717, 1.165) is 19.3 Å². The number of carbonyl (C=O) groups is 1. The molecule has 2 rings (SSSR count). The molecule has 1 fully saturated rings. The maximum absolute atomic E-state index is 12.5. The number of primary sulfonamides is 1. The molecule has 1 amide bonds. The number of carbonyl (C=O) groups excluding carboxylic acids is 1. The lowest BCUT2D eigenvalue weighted by Crippen LogP contribution is -2.46. The number of nitrogens with zero attached hydrogens (tertiary/aromatic N) is 2. The molecule has 0 bridgehead atoms. The van der Waals surface area contributed by atoms with Gasteiger partial charge >= 0.3 is 0 Å². The normalized spacial score (nSPS) is 15.9. The van der Waals surface area contributed by atoms with Crippen molar-refractivity contribution in [2.75, 3.05) is 13.2 Å². The van der Waals surface area contributed by atoms with E-state index in [1.165, 1.54) is 16.8 Å². The zero-order valence-corrected chi connectivity index (χ0v) is 12.1. The summed E-state index contributed by atoms with van der Waals surface area (Å²) in [6.45, 7) is 0.133. The zero-order chi connectivity index (χ0) is 14.9. The number of nitrogens with two attached hydrogens (primary N) is 1. The van der Waals surface area contributed by atoms with E-state index in [0.29, 0.717) is 0 Å². The van der Waals surface area contributed by atoms with Crippen molar-refractivity contribution in [3.8, 4) is 0 Å². The minimum Gasteiger partial charge on any atom is -0.395 e. The molecule has 1 heterocycles. The van der Waals surface area contributed by atoms with Crippen LogP contribution in [0.4, 0.5) is 0 Å². The molecule has 1 aliphatic carbocycles. The topological polar surface area (TPSA) is 106 Å². The fourth-order valence-corrected chi connectivity index (χ4v) is 2.89. The number of hydrogen-bond acceptors (Lipinski definition) is 4. The number of aryl methyl sites for hydroxylation is 1. The number of hydrogen-bond donors (Lipinski definition) is 2. The second-order valence-electron chi connectivity index (χ2n) is 5.02. The van der Waals surface area contributed by atoms with Gasteiger partial charge in [-0.3, -0.25) is 4.79 Å². The van der Waals surface area contributed by atoms with Crippen LogP contribution in [0.3, 0.4) is 0 Å². The van der Waals surface area contributed by atoms with Crippen molar-refractivity contribution in [2.45, 2.75) is 30.2 Å². The van der Waals surface area contributed by atoms with Crippen LogP contribution in [0.1, 0.15) is 29.8 Å². The Kier molecular flexibility index (Phi) is 4.17. The highest BCUT2D eigenvalue weighted by Gasteiger charge is 2.30. The lowest BCUT2D eigenvalue weighted by Gasteiger charge is -2.37. The van der Waals surface area contributed by atoms with Crippen LogP contribution in [0.5, 0.6) is 0 Å². The van der Waals surface area contributed by atoms with E-state index in [2.05, 4.69) is 0 Å². The molecule has 1 aromatic rings. The number of rotatable bonds is 5. The second kappa shape index (κ2) is 5.55. The van der Waals surface area contributed by atoms with Gasteiger partial charge in [0.1, 0.15) is 10.6 Å². The Labute approximate surface area is 118 Å². The van der Waals surface area contributed by atoms with Crippen LogP contribution in [0, 0.1) is 0 Å². The highest BCUT2D eigenvalue weighted by Crippen LogP contribution is 2.26. The Hall–Kier alpha value is -1.38. The quantitative estimate of drug-likeness (QED) is 0.776. The standard InChI is InChI=1S/C12H19N3O4S/c1-14-8-10(20(13,18)19)7-11(14)12(17)15(5-6-16)9-3-2-4-9/h7-9,16H,2-6H2,1H3,(H2,13,18,19). The van der Waals surface area contributed by atoms with Crippen molar-refractivity contribution in [2.24, 2.45) is 12.2 Å². The van der Waals surface area contributed by atoms with Crippen molar-refractivity contribution in [3.05, 3.63) is 18.0 Å². The zero-order valence-electron chi connectivity index (χ0n) is 11.3. The molecule has 112 valence electrons. The summed E-state index contributed by atoms with van der Waals surface area (Å²) in [6, 6.07) is 1.41. The largest absolute Gasteiger partial charge is 0.395 e. The van der Waals surface area contributed by atoms with Crippen molar-refractivity contribution in [3.63, 3.8) is 0 Å². The van der Waals surface area contributed by atoms with Gasteiger partial charge in [0.25, 0.3) is 5.91 Å². The van der Waals surface area contributed by atoms with Gasteiger partial charge < -0.3 is 14.6 Å². The van der Waals surface area contributed by atoms with Crippen molar-refractivity contribution in [1.82, 2.24) is 9.47 Å². The van der Waals surface area contributed by atoms with Crippen LogP contribution in [-0.4, -0.2) is 48.1 Å². The molecule has 1 aromatic heterocycles. The number of aromatic nitrogens is 1. The third-order valence-corrected chi connectivity index (χ3v) is 4.53. The lowest BCUT2D eigenvalue weighted by molar-refractivity contribution is 0.0516. The molecule has 0 spiro atoms. The summed E-state index contributed by atoms with van der Waals surface area (Å²) >= 11 is 0. The molecule has 0 aliphatic heterocycles. The molecule has 1 aliphatic rings. The number of aliphatic hydroxyl groups excluding tert-OH is 1. The van der Waals surface area contributed by atoms with Crippen molar-refractivity contribution >= 4 is 15.9 Å². The maximum atomic E-state index is 12.5. The lowest BCUT2D eigenvalue weighted by atomic mass is 9.91. The first-order valence-electron chi connectivity index (χ1n) is 6.45. The van der Waals surface area contributed by atoms with Crippen LogP contribution in [0.15, 0.2) is 17.2 Å². The van der Waals surface area contributed by atoms with Gasteiger partial charge in [-0.15, -0.1) is 0 Å². The van der Waals surface area contributed by atoms with Gasteiger partial charge in [-0.05, 0) is 25.3 Å². The average molecular weight is 301 g/mol. The first-order chi connectivity index (χ1) is 9.34. The van der Waals surface area contributed by atoms with Crippen molar-refractivity contribution in [1.29, 1.82) is 0 Å². The summed E-state index contributed by atoms with van der Waals surface area (Å²) in [6.07, 6.45) is 4.21. The molecule has 3 N–H and O–H groups in total. The Balaban J connectivity index is 2.29. The number of aliphatic hydroxyl groups is 1. The van der Waals surface area contributed by atoms with Gasteiger partial charge in [-0.1, -0.05) is 0 Å². The van der Waals surface area contributed by atoms with Crippen LogP contribution in [0.25, 0.3) is 0 Å². The van der Waals surface area contributed by atoms with Gasteiger partial charge in [-0.25, -0.2) is 13.6 Å². The molecule has 0 aromatic carbocycles. The maximum Gasteiger partial charge on any atom is 0.270 e. The summed E-state index contributed by atoms with van der Waals surface area (Å²) in [5.74, 6) is -0.277. The highest BCUT2D eigenvalue weighted by atomic mass is 32.2. The average Bonchev–Trinajstić information content (AvgIpc) is 2.67. The summed E-state index contributed by atoms with van der Waals surface area (Å²) in [5.41, 5.74) is 0.259. The first-order valence-corrected chi connectivity index (χ1v) is 8.00. The van der Waals surface area contributed by atoms with Crippen LogP contribution >= 0.6 is 0 Å². The molecular formula is C12H19N3O4S. The molecule has 0 saturated heterocycles. The van der Waals surface area contributed by atoms with Gasteiger partial charge in [0.05, 0.1) is 6.61 Å². The van der Waals surface area contributed by atoms with E-state index in [1.54, 1.807) is 11.9 Å². The Bertz CT molecular complexity index is 604. The smallest absolute Gasteiger partial charge is 0.270 e. The SMILES string of the molecule is Cn1cc(S(N)(=O)=O)cc1C(=O)N(CCO)C1CCC1. The number of amides is 1.